The number of aryl methyl sites for hydroxylation is 1. The normalized spacial score (nSPS) is 10.7. The van der Waals surface area contributed by atoms with Gasteiger partial charge in [-0.1, -0.05) is 53.5 Å². The maximum atomic E-state index is 12.9. The lowest BCUT2D eigenvalue weighted by molar-refractivity contribution is -0.128. The predicted molar refractivity (Wildman–Crippen MR) is 119 cm³/mol. The molecule has 0 aliphatic heterocycles. The Morgan fingerprint density at radius 1 is 1.13 bits per heavy atom. The molecule has 0 aliphatic carbocycles. The summed E-state index contributed by atoms with van der Waals surface area (Å²) < 4.78 is 1.56. The highest BCUT2D eigenvalue weighted by Crippen LogP contribution is 2.24. The molecule has 2 amide bonds. The fraction of sp³-hybridized carbons (Fsp3) is 0.227. The van der Waals surface area contributed by atoms with Crippen LogP contribution in [0, 0.1) is 6.92 Å². The maximum Gasteiger partial charge on any atom is 0.260 e. The molecule has 0 spiro atoms. The summed E-state index contributed by atoms with van der Waals surface area (Å²) in [7, 11) is 1.73. The summed E-state index contributed by atoms with van der Waals surface area (Å²) in [6.45, 7) is 4.06. The van der Waals surface area contributed by atoms with Gasteiger partial charge in [0.25, 0.3) is 5.91 Å². The van der Waals surface area contributed by atoms with Crippen LogP contribution in [0.3, 0.4) is 0 Å². The maximum absolute atomic E-state index is 12.9. The van der Waals surface area contributed by atoms with Crippen molar-refractivity contribution in [1.29, 1.82) is 0 Å². The average Bonchev–Trinajstić information content (AvgIpc) is 2.97. The smallest absolute Gasteiger partial charge is 0.260 e. The molecule has 0 unspecified atom stereocenters. The minimum Gasteiger partial charge on any atom is -0.342 e. The van der Waals surface area contributed by atoms with Crippen molar-refractivity contribution in [3.05, 3.63) is 81.1 Å². The molecule has 0 bridgehead atoms. The number of halogens is 2. The van der Waals surface area contributed by atoms with Crippen molar-refractivity contribution in [3.8, 4) is 0 Å². The van der Waals surface area contributed by atoms with E-state index in [4.69, 9.17) is 23.2 Å². The van der Waals surface area contributed by atoms with Gasteiger partial charge in [0.15, 0.2) is 0 Å². The second-order valence-electron chi connectivity index (χ2n) is 7.03. The molecule has 6 nitrogen and oxygen atoms in total. The van der Waals surface area contributed by atoms with Gasteiger partial charge < -0.3 is 10.2 Å². The van der Waals surface area contributed by atoms with Gasteiger partial charge in [-0.15, -0.1) is 0 Å². The SMILES string of the molecule is CC(=O)N(C)Cc1cccc(NC(=O)c2c(C)nn(Cc3ccccc3Cl)c2Cl)c1. The fourth-order valence-electron chi connectivity index (χ4n) is 3.03. The molecule has 1 N–H and O–H groups in total. The molecule has 3 aromatic rings. The number of carbonyl (C=O) groups excluding carboxylic acids is 2. The highest BCUT2D eigenvalue weighted by molar-refractivity contribution is 6.34. The van der Waals surface area contributed by atoms with Gasteiger partial charge in [-0.3, -0.25) is 9.59 Å². The molecular formula is C22H22Cl2N4O2. The minimum atomic E-state index is -0.347. The topological polar surface area (TPSA) is 67.2 Å². The molecule has 0 fully saturated rings. The number of rotatable bonds is 6. The molecule has 0 saturated heterocycles. The number of hydrogen-bond acceptors (Lipinski definition) is 3. The summed E-state index contributed by atoms with van der Waals surface area (Å²) in [4.78, 5) is 25.9. The number of nitrogens with one attached hydrogen (secondary N) is 1. The van der Waals surface area contributed by atoms with Crippen molar-refractivity contribution in [2.45, 2.75) is 26.9 Å². The summed E-state index contributed by atoms with van der Waals surface area (Å²) in [6.07, 6.45) is 0. The van der Waals surface area contributed by atoms with Crippen LogP contribution in [0.5, 0.6) is 0 Å². The molecule has 0 atom stereocenters. The Bertz CT molecular complexity index is 1090. The van der Waals surface area contributed by atoms with Gasteiger partial charge in [0.05, 0.1) is 17.8 Å². The Morgan fingerprint density at radius 2 is 1.87 bits per heavy atom. The van der Waals surface area contributed by atoms with E-state index in [0.29, 0.717) is 35.1 Å². The van der Waals surface area contributed by atoms with Crippen LogP contribution >= 0.6 is 23.2 Å². The number of anilines is 1. The van der Waals surface area contributed by atoms with E-state index in [-0.39, 0.29) is 17.0 Å². The second-order valence-corrected chi connectivity index (χ2v) is 7.80. The highest BCUT2D eigenvalue weighted by Gasteiger charge is 2.21. The van der Waals surface area contributed by atoms with Crippen LogP contribution in [0.4, 0.5) is 5.69 Å². The van der Waals surface area contributed by atoms with Crippen molar-refractivity contribution in [3.63, 3.8) is 0 Å². The van der Waals surface area contributed by atoms with E-state index in [1.807, 2.05) is 36.4 Å². The Labute approximate surface area is 185 Å². The molecule has 1 aromatic heterocycles. The minimum absolute atomic E-state index is 0.0298. The predicted octanol–water partition coefficient (Wildman–Crippen LogP) is 4.78. The van der Waals surface area contributed by atoms with Crippen molar-refractivity contribution >= 4 is 40.7 Å². The Morgan fingerprint density at radius 3 is 2.57 bits per heavy atom. The zero-order valence-electron chi connectivity index (χ0n) is 16.9. The van der Waals surface area contributed by atoms with Gasteiger partial charge >= 0.3 is 0 Å². The van der Waals surface area contributed by atoms with Crippen LogP contribution in [0.15, 0.2) is 48.5 Å². The molecule has 30 heavy (non-hydrogen) atoms. The summed E-state index contributed by atoms with van der Waals surface area (Å²) in [6, 6.07) is 14.8. The van der Waals surface area contributed by atoms with Crippen LogP contribution in [0.1, 0.15) is 34.1 Å². The molecule has 0 saturated carbocycles. The quantitative estimate of drug-likeness (QED) is 0.594. The second kappa shape index (κ2) is 9.32. The monoisotopic (exact) mass is 444 g/mol. The van der Waals surface area contributed by atoms with Crippen LogP contribution in [0.2, 0.25) is 10.2 Å². The molecule has 156 valence electrons. The molecule has 1 heterocycles. The first-order valence-corrected chi connectivity index (χ1v) is 10.1. The Hall–Kier alpha value is -2.83. The first kappa shape index (κ1) is 21.9. The van der Waals surface area contributed by atoms with E-state index in [1.54, 1.807) is 35.7 Å². The number of aromatic nitrogens is 2. The van der Waals surface area contributed by atoms with E-state index >= 15 is 0 Å². The fourth-order valence-corrected chi connectivity index (χ4v) is 3.55. The first-order chi connectivity index (χ1) is 14.3. The number of hydrogen-bond donors (Lipinski definition) is 1. The van der Waals surface area contributed by atoms with Crippen molar-refractivity contribution < 1.29 is 9.59 Å². The van der Waals surface area contributed by atoms with Gasteiger partial charge in [0.1, 0.15) is 5.15 Å². The summed E-state index contributed by atoms with van der Waals surface area (Å²) >= 11 is 12.7. The van der Waals surface area contributed by atoms with Crippen molar-refractivity contribution in [2.75, 3.05) is 12.4 Å². The van der Waals surface area contributed by atoms with Gasteiger partial charge in [0, 0.05) is 31.2 Å². The standard InChI is InChI=1S/C22H22Cl2N4O2/c1-14-20(21(24)28(26-14)13-17-8-4-5-10-19(17)23)22(30)25-18-9-6-7-16(11-18)12-27(3)15(2)29/h4-11H,12-13H2,1-3H3,(H,25,30). The number of nitrogens with zero attached hydrogens (tertiary/aromatic N) is 3. The van der Waals surface area contributed by atoms with E-state index in [0.717, 1.165) is 11.1 Å². The lowest BCUT2D eigenvalue weighted by Crippen LogP contribution is -2.23. The third-order valence-electron chi connectivity index (χ3n) is 4.71. The van der Waals surface area contributed by atoms with E-state index in [1.165, 1.54) is 6.92 Å². The third-order valence-corrected chi connectivity index (χ3v) is 5.47. The molecule has 2 aromatic carbocycles. The summed E-state index contributed by atoms with van der Waals surface area (Å²) in [5.74, 6) is -0.377. The highest BCUT2D eigenvalue weighted by atomic mass is 35.5. The molecule has 3 rings (SSSR count). The Balaban J connectivity index is 1.79. The Kier molecular flexibility index (Phi) is 6.80. The van der Waals surface area contributed by atoms with Gasteiger partial charge in [-0.2, -0.15) is 5.10 Å². The third kappa shape index (κ3) is 5.01. The van der Waals surface area contributed by atoms with Crippen LogP contribution in [-0.4, -0.2) is 33.5 Å². The van der Waals surface area contributed by atoms with E-state index in [9.17, 15) is 9.59 Å². The summed E-state index contributed by atoms with van der Waals surface area (Å²) in [5, 5.41) is 8.13. The van der Waals surface area contributed by atoms with Gasteiger partial charge in [0.2, 0.25) is 5.91 Å². The number of amides is 2. The largest absolute Gasteiger partial charge is 0.342 e. The molecule has 0 radical (unpaired) electrons. The summed E-state index contributed by atoms with van der Waals surface area (Å²) in [5.41, 5.74) is 3.22. The average molecular weight is 445 g/mol. The lowest BCUT2D eigenvalue weighted by atomic mass is 10.1. The van der Waals surface area contributed by atoms with Crippen molar-refractivity contribution in [2.24, 2.45) is 0 Å². The van der Waals surface area contributed by atoms with E-state index < -0.39 is 0 Å². The van der Waals surface area contributed by atoms with Gasteiger partial charge in [-0.25, -0.2) is 4.68 Å². The van der Waals surface area contributed by atoms with Crippen molar-refractivity contribution in [1.82, 2.24) is 14.7 Å². The first-order valence-electron chi connectivity index (χ1n) is 9.34. The number of carbonyl (C=O) groups is 2. The van der Waals surface area contributed by atoms with Crippen LogP contribution in [-0.2, 0) is 17.9 Å². The zero-order valence-corrected chi connectivity index (χ0v) is 18.5. The van der Waals surface area contributed by atoms with Crippen LogP contribution < -0.4 is 5.32 Å². The molecule has 0 aliphatic rings. The molecule has 8 heteroatoms. The van der Waals surface area contributed by atoms with Gasteiger partial charge in [-0.05, 0) is 36.2 Å². The van der Waals surface area contributed by atoms with Crippen LogP contribution in [0.25, 0.3) is 0 Å². The number of benzene rings is 2. The zero-order chi connectivity index (χ0) is 21.8. The lowest BCUT2D eigenvalue weighted by Gasteiger charge is -2.15. The van der Waals surface area contributed by atoms with E-state index in [2.05, 4.69) is 10.4 Å². The molecular weight excluding hydrogens is 423 g/mol.